The van der Waals surface area contributed by atoms with Crippen molar-refractivity contribution in [2.45, 2.75) is 179 Å². The van der Waals surface area contributed by atoms with Crippen LogP contribution in [0.5, 0.6) is 0 Å². The lowest BCUT2D eigenvalue weighted by atomic mass is 10.0. The van der Waals surface area contributed by atoms with Crippen molar-refractivity contribution in [3.63, 3.8) is 0 Å². The fraction of sp³-hybridized carbons (Fsp3) is 0.806. The maximum Gasteiger partial charge on any atom is 0.249 e. The second-order valence-electron chi connectivity index (χ2n) is 11.9. The van der Waals surface area contributed by atoms with Gasteiger partial charge >= 0.3 is 0 Å². The molecule has 5 N–H and O–H groups in total. The van der Waals surface area contributed by atoms with E-state index in [0.29, 0.717) is 12.8 Å². The van der Waals surface area contributed by atoms with Crippen molar-refractivity contribution in [3.8, 4) is 0 Å². The largest absolute Gasteiger partial charge is 0.394 e. The van der Waals surface area contributed by atoms with Crippen molar-refractivity contribution in [2.75, 3.05) is 6.61 Å². The van der Waals surface area contributed by atoms with Crippen LogP contribution in [0.15, 0.2) is 36.5 Å². The molecule has 6 nitrogen and oxygen atoms in total. The van der Waals surface area contributed by atoms with Gasteiger partial charge in [0.25, 0.3) is 0 Å². The third kappa shape index (κ3) is 25.1. The fourth-order valence-corrected chi connectivity index (χ4v) is 4.97. The van der Waals surface area contributed by atoms with Crippen molar-refractivity contribution in [2.24, 2.45) is 0 Å². The summed E-state index contributed by atoms with van der Waals surface area (Å²) in [7, 11) is 0. The van der Waals surface area contributed by atoms with E-state index in [1.165, 1.54) is 96.3 Å². The van der Waals surface area contributed by atoms with E-state index in [1.807, 2.05) is 6.08 Å². The first-order valence-electron chi connectivity index (χ1n) is 17.4. The maximum atomic E-state index is 12.3. The Kier molecular flexibility index (Phi) is 29.9. The number of unbranched alkanes of at least 4 members (excludes halogenated alkanes) is 16. The van der Waals surface area contributed by atoms with Crippen LogP contribution in [-0.2, 0) is 4.79 Å². The zero-order chi connectivity index (χ0) is 31.1. The topological polar surface area (TPSA) is 110 Å². The summed E-state index contributed by atoms with van der Waals surface area (Å²) in [5.41, 5.74) is 0. The average Bonchev–Trinajstić information content (AvgIpc) is 2.99. The van der Waals surface area contributed by atoms with Gasteiger partial charge in [0.2, 0.25) is 5.91 Å². The van der Waals surface area contributed by atoms with Gasteiger partial charge in [-0.3, -0.25) is 4.79 Å². The number of nitrogens with one attached hydrogen (secondary N) is 1. The minimum Gasteiger partial charge on any atom is -0.394 e. The fourth-order valence-electron chi connectivity index (χ4n) is 4.97. The first-order valence-corrected chi connectivity index (χ1v) is 17.4. The van der Waals surface area contributed by atoms with Crippen LogP contribution in [0.4, 0.5) is 0 Å². The number of amides is 1. The molecular weight excluding hydrogens is 526 g/mol. The van der Waals surface area contributed by atoms with E-state index in [2.05, 4.69) is 43.5 Å². The molecule has 4 unspecified atom stereocenters. The second-order valence-corrected chi connectivity index (χ2v) is 11.9. The standard InChI is InChI=1S/C36H67NO5/c1-3-5-7-9-11-13-15-17-18-20-21-23-25-27-29-33(39)35(41)32(31-38)37-36(42)34(40)30-28-26-24-22-19-16-14-12-10-8-6-4-2/h19,21-23,26,28,32-35,38-41H,3-18,20,24-25,27,29-31H2,1-2H3,(H,37,42)/b22-19-,23-21+,28-26-. The monoisotopic (exact) mass is 594 g/mol. The Morgan fingerprint density at radius 1 is 0.619 bits per heavy atom. The van der Waals surface area contributed by atoms with Crippen LogP contribution in [-0.4, -0.2) is 57.3 Å². The van der Waals surface area contributed by atoms with Gasteiger partial charge in [0.1, 0.15) is 12.2 Å². The molecule has 42 heavy (non-hydrogen) atoms. The highest BCUT2D eigenvalue weighted by atomic mass is 16.3. The van der Waals surface area contributed by atoms with Crippen molar-refractivity contribution >= 4 is 5.91 Å². The van der Waals surface area contributed by atoms with Crippen molar-refractivity contribution < 1.29 is 25.2 Å². The first-order chi connectivity index (χ1) is 20.5. The van der Waals surface area contributed by atoms with E-state index < -0.39 is 36.9 Å². The minimum absolute atomic E-state index is 0.152. The van der Waals surface area contributed by atoms with Crippen LogP contribution in [0.2, 0.25) is 0 Å². The average molecular weight is 594 g/mol. The number of hydrogen-bond acceptors (Lipinski definition) is 5. The molecule has 0 rings (SSSR count). The van der Waals surface area contributed by atoms with E-state index in [-0.39, 0.29) is 6.42 Å². The smallest absolute Gasteiger partial charge is 0.249 e. The van der Waals surface area contributed by atoms with Crippen molar-refractivity contribution in [1.82, 2.24) is 5.32 Å². The molecule has 0 saturated heterocycles. The molecule has 0 fully saturated rings. The van der Waals surface area contributed by atoms with Gasteiger partial charge in [-0.2, -0.15) is 0 Å². The Morgan fingerprint density at radius 3 is 1.60 bits per heavy atom. The Hall–Kier alpha value is -1.47. The summed E-state index contributed by atoms with van der Waals surface area (Å²) in [5.74, 6) is -0.664. The van der Waals surface area contributed by atoms with Gasteiger partial charge in [-0.1, -0.05) is 134 Å². The van der Waals surface area contributed by atoms with Crippen LogP contribution in [0.25, 0.3) is 0 Å². The Morgan fingerprint density at radius 2 is 1.07 bits per heavy atom. The van der Waals surface area contributed by atoms with E-state index in [0.717, 1.165) is 25.7 Å². The lowest BCUT2D eigenvalue weighted by Crippen LogP contribution is -2.52. The molecule has 1 amide bonds. The third-order valence-corrected chi connectivity index (χ3v) is 7.83. The quantitative estimate of drug-likeness (QED) is 0.0431. The molecule has 0 radical (unpaired) electrons. The molecule has 246 valence electrons. The summed E-state index contributed by atoms with van der Waals surface area (Å²) >= 11 is 0. The van der Waals surface area contributed by atoms with E-state index in [9.17, 15) is 25.2 Å². The SMILES string of the molecule is CCCCCCCC/C=C\C/C=C\CC(O)C(=O)NC(CO)C(O)C(O)CCC/C=C/CCCCCCCCCCC. The highest BCUT2D eigenvalue weighted by Gasteiger charge is 2.28. The van der Waals surface area contributed by atoms with Gasteiger partial charge in [0.15, 0.2) is 0 Å². The molecule has 0 aliphatic carbocycles. The molecular formula is C36H67NO5. The number of carbonyl (C=O) groups excluding carboxylic acids is 1. The first kappa shape index (κ1) is 40.5. The Bertz CT molecular complexity index is 678. The Labute approximate surface area is 258 Å². The predicted octanol–water partition coefficient (Wildman–Crippen LogP) is 7.84. The van der Waals surface area contributed by atoms with Crippen LogP contribution < -0.4 is 5.32 Å². The van der Waals surface area contributed by atoms with Gasteiger partial charge < -0.3 is 25.7 Å². The highest BCUT2D eigenvalue weighted by Crippen LogP contribution is 2.13. The number of aliphatic hydroxyl groups is 4. The maximum absolute atomic E-state index is 12.3. The molecule has 4 atom stereocenters. The third-order valence-electron chi connectivity index (χ3n) is 7.83. The van der Waals surface area contributed by atoms with E-state index in [4.69, 9.17) is 0 Å². The summed E-state index contributed by atoms with van der Waals surface area (Å²) in [6.07, 6.45) is 33.3. The highest BCUT2D eigenvalue weighted by molar-refractivity contribution is 5.81. The Balaban J connectivity index is 4.00. The second kappa shape index (κ2) is 31.0. The van der Waals surface area contributed by atoms with Gasteiger partial charge in [0, 0.05) is 6.42 Å². The van der Waals surface area contributed by atoms with E-state index >= 15 is 0 Å². The molecule has 0 aromatic rings. The molecule has 6 heteroatoms. The summed E-state index contributed by atoms with van der Waals surface area (Å²) < 4.78 is 0. The number of aliphatic hydroxyl groups excluding tert-OH is 4. The van der Waals surface area contributed by atoms with E-state index in [1.54, 1.807) is 6.08 Å². The van der Waals surface area contributed by atoms with Gasteiger partial charge in [0.05, 0.1) is 18.8 Å². The lowest BCUT2D eigenvalue weighted by Gasteiger charge is -2.27. The minimum atomic E-state index is -1.30. The molecule has 0 heterocycles. The van der Waals surface area contributed by atoms with Gasteiger partial charge in [-0.05, 0) is 51.4 Å². The molecule has 0 aromatic heterocycles. The molecule has 0 aliphatic rings. The molecule has 0 aromatic carbocycles. The van der Waals surface area contributed by atoms with Crippen molar-refractivity contribution in [1.29, 1.82) is 0 Å². The molecule has 0 spiro atoms. The number of rotatable bonds is 30. The summed E-state index contributed by atoms with van der Waals surface area (Å²) in [6.45, 7) is 3.96. The van der Waals surface area contributed by atoms with Crippen LogP contribution >= 0.6 is 0 Å². The van der Waals surface area contributed by atoms with Crippen LogP contribution in [0.1, 0.15) is 155 Å². The molecule has 0 bridgehead atoms. The molecule has 0 aliphatic heterocycles. The number of hydrogen-bond donors (Lipinski definition) is 5. The summed E-state index contributed by atoms with van der Waals surface area (Å²) in [6, 6.07) is -1.03. The zero-order valence-electron chi connectivity index (χ0n) is 27.2. The van der Waals surface area contributed by atoms with Gasteiger partial charge in [-0.25, -0.2) is 0 Å². The summed E-state index contributed by atoms with van der Waals surface area (Å²) in [5, 5.41) is 43.1. The molecule has 0 saturated carbocycles. The zero-order valence-corrected chi connectivity index (χ0v) is 27.2. The normalized spacial score (nSPS) is 15.1. The van der Waals surface area contributed by atoms with Crippen LogP contribution in [0.3, 0.4) is 0 Å². The lowest BCUT2D eigenvalue weighted by molar-refractivity contribution is -0.132. The number of carbonyl (C=O) groups is 1. The van der Waals surface area contributed by atoms with Crippen LogP contribution in [0, 0.1) is 0 Å². The van der Waals surface area contributed by atoms with Crippen molar-refractivity contribution in [3.05, 3.63) is 36.5 Å². The predicted molar refractivity (Wildman–Crippen MR) is 177 cm³/mol. The summed E-state index contributed by atoms with van der Waals surface area (Å²) in [4.78, 5) is 12.3. The number of allylic oxidation sites excluding steroid dienone is 5. The van der Waals surface area contributed by atoms with Gasteiger partial charge in [-0.15, -0.1) is 0 Å².